The second-order valence-corrected chi connectivity index (χ2v) is 5.04. The summed E-state index contributed by atoms with van der Waals surface area (Å²) >= 11 is 1.59. The van der Waals surface area contributed by atoms with Crippen molar-refractivity contribution in [3.8, 4) is 0 Å². The third-order valence-corrected chi connectivity index (χ3v) is 3.49. The number of carbonyl (C=O) groups excluding carboxylic acids is 1. The van der Waals surface area contributed by atoms with E-state index in [1.54, 1.807) is 11.3 Å². The zero-order valence-corrected chi connectivity index (χ0v) is 10.7. The first kappa shape index (κ1) is 12.8. The molecule has 0 radical (unpaired) electrons. The molecule has 0 unspecified atom stereocenters. The largest absolute Gasteiger partial charge is 0.392 e. The maximum absolute atomic E-state index is 11.7. The van der Waals surface area contributed by atoms with Gasteiger partial charge in [0, 0.05) is 11.4 Å². The highest BCUT2D eigenvalue weighted by Crippen LogP contribution is 2.09. The van der Waals surface area contributed by atoms with Gasteiger partial charge in [0.15, 0.2) is 0 Å². The van der Waals surface area contributed by atoms with Crippen LogP contribution in [0.1, 0.15) is 16.0 Å². The van der Waals surface area contributed by atoms with Crippen LogP contribution < -0.4 is 5.32 Å². The van der Waals surface area contributed by atoms with Crippen molar-refractivity contribution in [1.29, 1.82) is 0 Å². The van der Waals surface area contributed by atoms with Gasteiger partial charge in [0.2, 0.25) is 5.91 Å². The highest BCUT2D eigenvalue weighted by Gasteiger charge is 2.03. The first-order chi connectivity index (χ1) is 8.78. The molecule has 0 bridgehead atoms. The van der Waals surface area contributed by atoms with Gasteiger partial charge in [-0.3, -0.25) is 4.79 Å². The third-order valence-electron chi connectivity index (χ3n) is 2.61. The molecule has 2 rings (SSSR count). The highest BCUT2D eigenvalue weighted by molar-refractivity contribution is 7.10. The van der Waals surface area contributed by atoms with E-state index in [0.717, 1.165) is 16.0 Å². The SMILES string of the molecule is O=C(Cc1cccs1)NCc1ccc(CO)cc1. The summed E-state index contributed by atoms with van der Waals surface area (Å²) in [4.78, 5) is 12.7. The molecule has 18 heavy (non-hydrogen) atoms. The van der Waals surface area contributed by atoms with Crippen LogP contribution >= 0.6 is 11.3 Å². The quantitative estimate of drug-likeness (QED) is 0.866. The van der Waals surface area contributed by atoms with Crippen molar-refractivity contribution >= 4 is 17.2 Å². The molecule has 2 N–H and O–H groups in total. The first-order valence-electron chi connectivity index (χ1n) is 5.75. The maximum atomic E-state index is 11.7. The number of aliphatic hydroxyl groups is 1. The molecule has 1 aromatic heterocycles. The number of hydrogen-bond donors (Lipinski definition) is 2. The molecule has 0 atom stereocenters. The Hall–Kier alpha value is -1.65. The Morgan fingerprint density at radius 2 is 1.89 bits per heavy atom. The van der Waals surface area contributed by atoms with Crippen LogP contribution in [0.4, 0.5) is 0 Å². The van der Waals surface area contributed by atoms with Gasteiger partial charge in [-0.2, -0.15) is 0 Å². The molecule has 0 saturated carbocycles. The fraction of sp³-hybridized carbons (Fsp3) is 0.214. The summed E-state index contributed by atoms with van der Waals surface area (Å²) in [6.07, 6.45) is 0.437. The summed E-state index contributed by atoms with van der Waals surface area (Å²) < 4.78 is 0. The van der Waals surface area contributed by atoms with Crippen molar-refractivity contribution in [3.63, 3.8) is 0 Å². The van der Waals surface area contributed by atoms with Crippen molar-refractivity contribution in [1.82, 2.24) is 5.32 Å². The van der Waals surface area contributed by atoms with Gasteiger partial charge in [-0.05, 0) is 22.6 Å². The smallest absolute Gasteiger partial charge is 0.225 e. The van der Waals surface area contributed by atoms with Gasteiger partial charge in [0.1, 0.15) is 0 Å². The molecular weight excluding hydrogens is 246 g/mol. The Kier molecular flexibility index (Phi) is 4.50. The number of amides is 1. The summed E-state index contributed by atoms with van der Waals surface area (Å²) in [6.45, 7) is 0.570. The van der Waals surface area contributed by atoms with Gasteiger partial charge in [-0.1, -0.05) is 30.3 Å². The lowest BCUT2D eigenvalue weighted by molar-refractivity contribution is -0.120. The van der Waals surface area contributed by atoms with Crippen molar-refractivity contribution < 1.29 is 9.90 Å². The van der Waals surface area contributed by atoms with Crippen LogP contribution in [0.25, 0.3) is 0 Å². The minimum absolute atomic E-state index is 0.0312. The molecule has 0 fully saturated rings. The molecular formula is C14H15NO2S. The van der Waals surface area contributed by atoms with Crippen molar-refractivity contribution in [3.05, 3.63) is 57.8 Å². The van der Waals surface area contributed by atoms with Gasteiger partial charge in [-0.15, -0.1) is 11.3 Å². The van der Waals surface area contributed by atoms with Crippen molar-refractivity contribution in [2.24, 2.45) is 0 Å². The van der Waals surface area contributed by atoms with E-state index in [2.05, 4.69) is 5.32 Å². The minimum atomic E-state index is 0.0312. The number of hydrogen-bond acceptors (Lipinski definition) is 3. The fourth-order valence-corrected chi connectivity index (χ4v) is 2.30. The average Bonchev–Trinajstić information content (AvgIpc) is 2.90. The lowest BCUT2D eigenvalue weighted by Gasteiger charge is -2.05. The van der Waals surface area contributed by atoms with E-state index in [1.807, 2.05) is 41.8 Å². The molecule has 1 amide bonds. The standard InChI is InChI=1S/C14H15NO2S/c16-10-12-5-3-11(4-6-12)9-15-14(17)8-13-2-1-7-18-13/h1-7,16H,8-10H2,(H,15,17). The van der Waals surface area contributed by atoms with Crippen LogP contribution in [0.15, 0.2) is 41.8 Å². The van der Waals surface area contributed by atoms with Crippen molar-refractivity contribution in [2.45, 2.75) is 19.6 Å². The molecule has 4 heteroatoms. The van der Waals surface area contributed by atoms with E-state index in [0.29, 0.717) is 13.0 Å². The van der Waals surface area contributed by atoms with Crippen LogP contribution in [0, 0.1) is 0 Å². The second kappa shape index (κ2) is 6.33. The molecule has 2 aromatic rings. The first-order valence-corrected chi connectivity index (χ1v) is 6.63. The summed E-state index contributed by atoms with van der Waals surface area (Å²) in [7, 11) is 0. The van der Waals surface area contributed by atoms with Gasteiger partial charge in [0.05, 0.1) is 13.0 Å². The zero-order valence-electron chi connectivity index (χ0n) is 9.93. The zero-order chi connectivity index (χ0) is 12.8. The van der Waals surface area contributed by atoms with Crippen molar-refractivity contribution in [2.75, 3.05) is 0 Å². The van der Waals surface area contributed by atoms with Gasteiger partial charge in [-0.25, -0.2) is 0 Å². The Labute approximate surface area is 110 Å². The third kappa shape index (κ3) is 3.68. The van der Waals surface area contributed by atoms with Crippen LogP contribution in [-0.2, 0) is 24.4 Å². The maximum Gasteiger partial charge on any atom is 0.225 e. The van der Waals surface area contributed by atoms with Crippen LogP contribution in [0.3, 0.4) is 0 Å². The Bertz CT molecular complexity index is 491. The summed E-state index contributed by atoms with van der Waals surface area (Å²) in [6, 6.07) is 11.5. The molecule has 1 heterocycles. The van der Waals surface area contributed by atoms with Gasteiger partial charge < -0.3 is 10.4 Å². The minimum Gasteiger partial charge on any atom is -0.392 e. The second-order valence-electron chi connectivity index (χ2n) is 4.01. The van der Waals surface area contributed by atoms with Gasteiger partial charge >= 0.3 is 0 Å². The number of rotatable bonds is 5. The molecule has 0 aliphatic rings. The normalized spacial score (nSPS) is 10.3. The summed E-state index contributed by atoms with van der Waals surface area (Å²) in [5, 5.41) is 13.8. The monoisotopic (exact) mass is 261 g/mol. The topological polar surface area (TPSA) is 49.3 Å². The molecule has 94 valence electrons. The molecule has 1 aromatic carbocycles. The van der Waals surface area contributed by atoms with Crippen LogP contribution in [0.2, 0.25) is 0 Å². The van der Waals surface area contributed by atoms with Gasteiger partial charge in [0.25, 0.3) is 0 Å². The van der Waals surface area contributed by atoms with E-state index >= 15 is 0 Å². The lowest BCUT2D eigenvalue weighted by atomic mass is 10.1. The Morgan fingerprint density at radius 1 is 1.17 bits per heavy atom. The molecule has 0 saturated heterocycles. The molecule has 0 aliphatic heterocycles. The van der Waals surface area contributed by atoms with E-state index in [4.69, 9.17) is 5.11 Å². The summed E-state index contributed by atoms with van der Waals surface area (Å²) in [5.74, 6) is 0.0312. The molecule has 3 nitrogen and oxygen atoms in total. The number of aliphatic hydroxyl groups excluding tert-OH is 1. The Morgan fingerprint density at radius 3 is 2.50 bits per heavy atom. The molecule has 0 spiro atoms. The predicted octanol–water partition coefficient (Wildman–Crippen LogP) is 2.10. The number of carbonyl (C=O) groups is 1. The molecule has 0 aliphatic carbocycles. The Balaban J connectivity index is 1.81. The van der Waals surface area contributed by atoms with E-state index in [-0.39, 0.29) is 12.5 Å². The van der Waals surface area contributed by atoms with E-state index in [1.165, 1.54) is 0 Å². The number of benzene rings is 1. The fourth-order valence-electron chi connectivity index (χ4n) is 1.60. The number of thiophene rings is 1. The number of nitrogens with one attached hydrogen (secondary N) is 1. The van der Waals surface area contributed by atoms with E-state index in [9.17, 15) is 4.79 Å². The van der Waals surface area contributed by atoms with E-state index < -0.39 is 0 Å². The average molecular weight is 261 g/mol. The highest BCUT2D eigenvalue weighted by atomic mass is 32.1. The summed E-state index contributed by atoms with van der Waals surface area (Å²) in [5.41, 5.74) is 1.91. The van der Waals surface area contributed by atoms with Crippen LogP contribution in [-0.4, -0.2) is 11.0 Å². The lowest BCUT2D eigenvalue weighted by Crippen LogP contribution is -2.24. The predicted molar refractivity (Wildman–Crippen MR) is 72.2 cm³/mol. The van der Waals surface area contributed by atoms with Crippen LogP contribution in [0.5, 0.6) is 0 Å².